The Morgan fingerprint density at radius 1 is 0.488 bits per heavy atom. The van der Waals surface area contributed by atoms with Crippen LogP contribution >= 0.6 is 0 Å². The Balaban J connectivity index is 1.36. The van der Waals surface area contributed by atoms with Crippen molar-refractivity contribution in [3.63, 3.8) is 0 Å². The second-order valence-electron chi connectivity index (χ2n) is 10.9. The molecule has 9 N–H and O–H groups in total. The van der Waals surface area contributed by atoms with Crippen LogP contribution in [0.15, 0.2) is 0 Å². The first-order valence-corrected chi connectivity index (χ1v) is 13.5. The monoisotopic (exact) mass is 602 g/mol. The molecule has 0 amide bonds. The Morgan fingerprint density at radius 2 is 0.951 bits per heavy atom. The average molecular weight is 603 g/mol. The minimum Gasteiger partial charge on any atom is -0.388 e. The van der Waals surface area contributed by atoms with Crippen LogP contribution in [-0.4, -0.2) is 176 Å². The highest BCUT2D eigenvalue weighted by Crippen LogP contribution is 2.33. The number of aliphatic hydroxyl groups is 9. The van der Waals surface area contributed by atoms with Gasteiger partial charge in [0, 0.05) is 7.11 Å². The summed E-state index contributed by atoms with van der Waals surface area (Å²) >= 11 is 0. The molecule has 17 nitrogen and oxygen atoms in total. The molecule has 19 atom stereocenters. The van der Waals surface area contributed by atoms with Crippen LogP contribution in [0.5, 0.6) is 0 Å². The lowest BCUT2D eigenvalue weighted by atomic mass is 9.96. The first-order valence-electron chi connectivity index (χ1n) is 13.5. The first kappa shape index (κ1) is 33.2. The van der Waals surface area contributed by atoms with Crippen molar-refractivity contribution in [2.24, 2.45) is 0 Å². The molecule has 4 aliphatic rings. The molecule has 4 heterocycles. The highest BCUT2D eigenvalue weighted by atomic mass is 16.8. The molecule has 0 saturated carbocycles. The molecule has 0 bridgehead atoms. The summed E-state index contributed by atoms with van der Waals surface area (Å²) in [5.41, 5.74) is 0. The molecule has 0 radical (unpaired) electrons. The highest BCUT2D eigenvalue weighted by molar-refractivity contribution is 4.95. The molecule has 0 aromatic carbocycles. The van der Waals surface area contributed by atoms with E-state index in [1.165, 1.54) is 27.9 Å². The molecule has 17 heteroatoms. The van der Waals surface area contributed by atoms with Gasteiger partial charge in [-0.25, -0.2) is 0 Å². The van der Waals surface area contributed by atoms with Crippen LogP contribution in [0.3, 0.4) is 0 Å². The number of hydrogen-bond donors (Lipinski definition) is 9. The van der Waals surface area contributed by atoms with Gasteiger partial charge in [-0.3, -0.25) is 0 Å². The Morgan fingerprint density at radius 3 is 1.46 bits per heavy atom. The van der Waals surface area contributed by atoms with Crippen molar-refractivity contribution in [1.82, 2.24) is 0 Å². The Kier molecular flexibility index (Phi) is 11.0. The number of rotatable bonds is 7. The first-order chi connectivity index (χ1) is 19.3. The molecule has 1 unspecified atom stereocenters. The van der Waals surface area contributed by atoms with Gasteiger partial charge in [0.25, 0.3) is 0 Å². The summed E-state index contributed by atoms with van der Waals surface area (Å²) in [4.78, 5) is 0. The molecule has 4 saturated heterocycles. The molecule has 0 aliphatic carbocycles. The van der Waals surface area contributed by atoms with Gasteiger partial charge in [0.15, 0.2) is 25.2 Å². The van der Waals surface area contributed by atoms with Gasteiger partial charge < -0.3 is 83.9 Å². The fourth-order valence-corrected chi connectivity index (χ4v) is 5.43. The summed E-state index contributed by atoms with van der Waals surface area (Å²) in [6.45, 7) is 4.20. The van der Waals surface area contributed by atoms with Gasteiger partial charge in [-0.1, -0.05) is 0 Å². The normalized spacial score (nSPS) is 55.1. The van der Waals surface area contributed by atoms with Gasteiger partial charge in [0.2, 0.25) is 0 Å². The molecule has 4 aliphatic heterocycles. The van der Waals surface area contributed by atoms with Crippen molar-refractivity contribution < 1.29 is 83.9 Å². The standard InChI is InChI=1S/C24H42O17/c1-6-10(26)11(27)20(21(33)36-6)41-24-15(31)13(29)18(8(3)38-24)40-23-14(30)12(28)17(7(2)37-23)39-22-16(32)19(34-4)9(25)5-35-22/h6-33H,5H2,1-4H3/t6-,7-,8-,9-,10-,11+,12-,13-,14+,15+,16-,17-,18-,19+,20+,21?,22+,23-,24-/m0/s1. The van der Waals surface area contributed by atoms with E-state index < -0.39 is 117 Å². The van der Waals surface area contributed by atoms with Crippen molar-refractivity contribution in [3.05, 3.63) is 0 Å². The maximum absolute atomic E-state index is 10.8. The molecule has 0 aromatic rings. The molecule has 4 rings (SSSR count). The summed E-state index contributed by atoms with van der Waals surface area (Å²) in [5, 5.41) is 93.9. The third kappa shape index (κ3) is 6.71. The SMILES string of the molecule is CO[C@H]1[C@H](O)[C@@H](O[C@@H]2[C@@H](O)[C@@H](O)[C@H](O[C@@H]3[C@@H](O)[C@@H](O)[C@H](O[C@H]4C(O)O[C@@H](C)[C@H](O)[C@H]4O)O[C@H]3C)O[C@H]2C)OC[C@@H]1O. The molecule has 0 aromatic heterocycles. The minimum atomic E-state index is -1.78. The van der Waals surface area contributed by atoms with Crippen LogP contribution in [0.25, 0.3) is 0 Å². The van der Waals surface area contributed by atoms with E-state index in [-0.39, 0.29) is 6.61 Å². The molecular weight excluding hydrogens is 560 g/mol. The lowest BCUT2D eigenvalue weighted by Crippen LogP contribution is -2.65. The minimum absolute atomic E-state index is 0.206. The van der Waals surface area contributed by atoms with Crippen LogP contribution in [0.2, 0.25) is 0 Å². The van der Waals surface area contributed by atoms with Crippen LogP contribution in [-0.2, 0) is 37.9 Å². The third-order valence-electron chi connectivity index (χ3n) is 7.93. The van der Waals surface area contributed by atoms with E-state index in [1.807, 2.05) is 0 Å². The predicted octanol–water partition coefficient (Wildman–Crippen LogP) is -5.37. The largest absolute Gasteiger partial charge is 0.388 e. The van der Waals surface area contributed by atoms with E-state index in [9.17, 15) is 46.0 Å². The fourth-order valence-electron chi connectivity index (χ4n) is 5.43. The predicted molar refractivity (Wildman–Crippen MR) is 128 cm³/mol. The number of aliphatic hydroxyl groups excluding tert-OH is 9. The van der Waals surface area contributed by atoms with E-state index in [0.29, 0.717) is 0 Å². The van der Waals surface area contributed by atoms with Crippen molar-refractivity contribution in [1.29, 1.82) is 0 Å². The van der Waals surface area contributed by atoms with E-state index in [2.05, 4.69) is 0 Å². The van der Waals surface area contributed by atoms with Crippen LogP contribution in [0, 0.1) is 0 Å². The van der Waals surface area contributed by atoms with Gasteiger partial charge in [0.05, 0.1) is 24.9 Å². The summed E-state index contributed by atoms with van der Waals surface area (Å²) in [7, 11) is 1.30. The Labute approximate surface area is 235 Å². The zero-order chi connectivity index (χ0) is 30.3. The van der Waals surface area contributed by atoms with Gasteiger partial charge in [-0.2, -0.15) is 0 Å². The smallest absolute Gasteiger partial charge is 0.187 e. The average Bonchev–Trinajstić information content (AvgIpc) is 2.92. The van der Waals surface area contributed by atoms with Crippen LogP contribution in [0.1, 0.15) is 20.8 Å². The molecule has 0 spiro atoms. The van der Waals surface area contributed by atoms with Crippen LogP contribution in [0.4, 0.5) is 0 Å². The maximum Gasteiger partial charge on any atom is 0.187 e. The van der Waals surface area contributed by atoms with Gasteiger partial charge in [-0.05, 0) is 20.8 Å². The number of methoxy groups -OCH3 is 1. The summed E-state index contributed by atoms with van der Waals surface area (Å²) < 4.78 is 43.7. The summed E-state index contributed by atoms with van der Waals surface area (Å²) in [6, 6.07) is 0. The van der Waals surface area contributed by atoms with Crippen molar-refractivity contribution in [3.8, 4) is 0 Å². The maximum atomic E-state index is 10.8. The van der Waals surface area contributed by atoms with E-state index in [1.54, 1.807) is 0 Å². The van der Waals surface area contributed by atoms with E-state index in [4.69, 9.17) is 37.9 Å². The second-order valence-corrected chi connectivity index (χ2v) is 10.9. The zero-order valence-corrected chi connectivity index (χ0v) is 23.0. The highest BCUT2D eigenvalue weighted by Gasteiger charge is 2.53. The fraction of sp³-hybridized carbons (Fsp3) is 1.00. The number of ether oxygens (including phenoxy) is 8. The van der Waals surface area contributed by atoms with Crippen molar-refractivity contribution >= 4 is 0 Å². The molecular formula is C24H42O17. The van der Waals surface area contributed by atoms with Crippen molar-refractivity contribution in [2.75, 3.05) is 13.7 Å². The topological polar surface area (TPSA) is 256 Å². The van der Waals surface area contributed by atoms with Gasteiger partial charge in [-0.15, -0.1) is 0 Å². The Bertz CT molecular complexity index is 838. The zero-order valence-electron chi connectivity index (χ0n) is 23.0. The van der Waals surface area contributed by atoms with E-state index in [0.717, 1.165) is 0 Å². The molecule has 4 fully saturated rings. The summed E-state index contributed by atoms with van der Waals surface area (Å²) in [5.74, 6) is 0. The summed E-state index contributed by atoms with van der Waals surface area (Å²) in [6.07, 6.45) is -26.2. The third-order valence-corrected chi connectivity index (χ3v) is 7.93. The second kappa shape index (κ2) is 13.5. The van der Waals surface area contributed by atoms with Gasteiger partial charge >= 0.3 is 0 Å². The van der Waals surface area contributed by atoms with Crippen molar-refractivity contribution in [2.45, 2.75) is 137 Å². The number of hydrogen-bond acceptors (Lipinski definition) is 17. The lowest BCUT2D eigenvalue weighted by Gasteiger charge is -2.48. The van der Waals surface area contributed by atoms with E-state index >= 15 is 0 Å². The van der Waals surface area contributed by atoms with Crippen LogP contribution < -0.4 is 0 Å². The lowest BCUT2D eigenvalue weighted by molar-refractivity contribution is -0.382. The molecule has 240 valence electrons. The van der Waals surface area contributed by atoms with Gasteiger partial charge in [0.1, 0.15) is 73.2 Å². The Hall–Kier alpha value is -0.680. The molecule has 41 heavy (non-hydrogen) atoms. The quantitative estimate of drug-likeness (QED) is 0.132.